The number of hydrogen-bond acceptors (Lipinski definition) is 2. The minimum absolute atomic E-state index is 1.63. The number of rotatable bonds is 0. The smallest absolute Gasteiger partial charge is 0.197 e. The summed E-state index contributed by atoms with van der Waals surface area (Å²) in [5, 5.41) is 0. The van der Waals surface area contributed by atoms with Gasteiger partial charge in [-0.25, -0.2) is 9.97 Å². The molecule has 2 nitrogen and oxygen atoms in total. The highest BCUT2D eigenvalue weighted by molar-refractivity contribution is 4.73. The van der Waals surface area contributed by atoms with Crippen LogP contribution in [0.4, 0.5) is 0 Å². The Morgan fingerprint density at radius 3 is 2.00 bits per heavy atom. The fraction of sp³-hybridized carbons (Fsp3) is 0. The molecule has 1 aromatic heterocycles. The summed E-state index contributed by atoms with van der Waals surface area (Å²) in [6, 6.07) is 1.75. The molecule has 0 spiro atoms. The second-order valence-corrected chi connectivity index (χ2v) is 0.849. The van der Waals surface area contributed by atoms with Gasteiger partial charge in [-0.1, -0.05) is 0 Å². The molecule has 1 aromatic rings. The summed E-state index contributed by atoms with van der Waals surface area (Å²) in [5.74, 6) is 0. The van der Waals surface area contributed by atoms with E-state index in [-0.39, 0.29) is 0 Å². The van der Waals surface area contributed by atoms with E-state index in [1.807, 2.05) is 0 Å². The first-order chi connectivity index (χ1) is 3.00. The Morgan fingerprint density at radius 1 is 1.17 bits per heavy atom. The molecule has 0 amide bonds. The van der Waals surface area contributed by atoms with E-state index in [9.17, 15) is 0 Å². The van der Waals surface area contributed by atoms with Gasteiger partial charge in [0.05, 0.1) is 0 Å². The fourth-order valence-corrected chi connectivity index (χ4v) is 0.225. The Morgan fingerprint density at radius 2 is 1.83 bits per heavy atom. The Hall–Kier alpha value is -0.920. The molecule has 0 N–H and O–H groups in total. The van der Waals surface area contributed by atoms with Crippen molar-refractivity contribution in [3.05, 3.63) is 24.8 Å². The standard InChI is InChI=1S/C4H3N2/c1-2-5-4-6-3-1/h1-3H. The normalized spacial score (nSPS) is 8.00. The highest BCUT2D eigenvalue weighted by Gasteiger charge is 1.61. The van der Waals surface area contributed by atoms with Crippen LogP contribution in [0, 0.1) is 6.33 Å². The van der Waals surface area contributed by atoms with Crippen LogP contribution in [-0.4, -0.2) is 9.97 Å². The van der Waals surface area contributed by atoms with Gasteiger partial charge in [0, 0.05) is 12.4 Å². The maximum absolute atomic E-state index is 3.55. The molecule has 1 heterocycles. The third kappa shape index (κ3) is 0.516. The molecule has 0 aliphatic rings. The first-order valence-corrected chi connectivity index (χ1v) is 1.63. The molecule has 0 bridgehead atoms. The average Bonchev–Trinajstić information content (AvgIpc) is 1.72. The zero-order valence-electron chi connectivity index (χ0n) is 3.13. The minimum Gasteiger partial charge on any atom is -0.234 e. The highest BCUT2D eigenvalue weighted by atomic mass is 14.8. The number of aromatic nitrogens is 2. The second kappa shape index (κ2) is 1.50. The Labute approximate surface area is 35.9 Å². The maximum Gasteiger partial charge on any atom is 0.197 e. The van der Waals surface area contributed by atoms with Crippen LogP contribution in [0.5, 0.6) is 0 Å². The molecular weight excluding hydrogens is 76.1 g/mol. The van der Waals surface area contributed by atoms with Crippen LogP contribution < -0.4 is 0 Å². The fourth-order valence-electron chi connectivity index (χ4n) is 0.225. The van der Waals surface area contributed by atoms with E-state index < -0.39 is 0 Å². The molecule has 6 heavy (non-hydrogen) atoms. The molecule has 0 atom stereocenters. The summed E-state index contributed by atoms with van der Waals surface area (Å²) in [5.41, 5.74) is 0. The molecule has 0 aromatic carbocycles. The molecule has 29 valence electrons. The van der Waals surface area contributed by atoms with Crippen molar-refractivity contribution in [2.75, 3.05) is 0 Å². The monoisotopic (exact) mass is 79.0 g/mol. The van der Waals surface area contributed by atoms with Crippen molar-refractivity contribution in [2.24, 2.45) is 0 Å². The van der Waals surface area contributed by atoms with Gasteiger partial charge in [-0.05, 0) is 6.07 Å². The SMILES string of the molecule is [c]1ncccn1. The van der Waals surface area contributed by atoms with Gasteiger partial charge >= 0.3 is 0 Å². The van der Waals surface area contributed by atoms with Crippen molar-refractivity contribution in [3.63, 3.8) is 0 Å². The van der Waals surface area contributed by atoms with Crippen molar-refractivity contribution in [3.8, 4) is 0 Å². The van der Waals surface area contributed by atoms with Crippen LogP contribution in [0.1, 0.15) is 0 Å². The van der Waals surface area contributed by atoms with E-state index in [0.29, 0.717) is 0 Å². The van der Waals surface area contributed by atoms with Gasteiger partial charge in [0.15, 0.2) is 6.33 Å². The molecule has 0 fully saturated rings. The predicted molar refractivity (Wildman–Crippen MR) is 20.9 cm³/mol. The maximum atomic E-state index is 3.55. The van der Waals surface area contributed by atoms with Crippen LogP contribution in [0.25, 0.3) is 0 Å². The van der Waals surface area contributed by atoms with Gasteiger partial charge in [0.25, 0.3) is 0 Å². The first-order valence-electron chi connectivity index (χ1n) is 1.63. The van der Waals surface area contributed by atoms with E-state index in [2.05, 4.69) is 16.3 Å². The molecule has 0 unspecified atom stereocenters. The topological polar surface area (TPSA) is 25.8 Å². The van der Waals surface area contributed by atoms with Gasteiger partial charge in [0.1, 0.15) is 0 Å². The number of nitrogens with zero attached hydrogens (tertiary/aromatic N) is 2. The van der Waals surface area contributed by atoms with Crippen molar-refractivity contribution in [1.82, 2.24) is 9.97 Å². The van der Waals surface area contributed by atoms with Crippen molar-refractivity contribution in [1.29, 1.82) is 0 Å². The molecule has 0 saturated heterocycles. The lowest BCUT2D eigenvalue weighted by Crippen LogP contribution is -1.68. The van der Waals surface area contributed by atoms with Gasteiger partial charge < -0.3 is 0 Å². The first kappa shape index (κ1) is 3.28. The molecule has 0 aliphatic heterocycles. The zero-order chi connectivity index (χ0) is 4.24. The molecule has 0 saturated carbocycles. The summed E-state index contributed by atoms with van der Waals surface area (Å²) in [6.07, 6.45) is 5.66. The predicted octanol–water partition coefficient (Wildman–Crippen LogP) is 0.277. The Kier molecular flexibility index (Phi) is 0.819. The number of hydrogen-bond donors (Lipinski definition) is 0. The summed E-state index contributed by atoms with van der Waals surface area (Å²) in [6.45, 7) is 0. The Bertz CT molecular complexity index is 77.5. The zero-order valence-corrected chi connectivity index (χ0v) is 3.13. The molecule has 2 heteroatoms. The molecule has 1 rings (SSSR count). The van der Waals surface area contributed by atoms with Crippen molar-refractivity contribution in [2.45, 2.75) is 0 Å². The Balaban J connectivity index is 3.00. The van der Waals surface area contributed by atoms with Crippen LogP contribution in [0.15, 0.2) is 18.5 Å². The van der Waals surface area contributed by atoms with E-state index >= 15 is 0 Å². The summed E-state index contributed by atoms with van der Waals surface area (Å²) in [4.78, 5) is 7.10. The minimum atomic E-state index is 1.63. The third-order valence-corrected chi connectivity index (χ3v) is 0.437. The molecule has 1 radical (unpaired) electrons. The van der Waals surface area contributed by atoms with Gasteiger partial charge in [-0.15, -0.1) is 0 Å². The van der Waals surface area contributed by atoms with Crippen LogP contribution in [0.3, 0.4) is 0 Å². The van der Waals surface area contributed by atoms with Crippen molar-refractivity contribution < 1.29 is 0 Å². The van der Waals surface area contributed by atoms with Gasteiger partial charge in [-0.2, -0.15) is 0 Å². The highest BCUT2D eigenvalue weighted by Crippen LogP contribution is 1.65. The van der Waals surface area contributed by atoms with Crippen LogP contribution in [0.2, 0.25) is 0 Å². The van der Waals surface area contributed by atoms with E-state index in [1.165, 1.54) is 0 Å². The average molecular weight is 79.1 g/mol. The van der Waals surface area contributed by atoms with Crippen LogP contribution in [-0.2, 0) is 0 Å². The van der Waals surface area contributed by atoms with Crippen LogP contribution >= 0.6 is 0 Å². The third-order valence-electron chi connectivity index (χ3n) is 0.437. The van der Waals surface area contributed by atoms with E-state index in [0.717, 1.165) is 0 Å². The largest absolute Gasteiger partial charge is 0.234 e. The summed E-state index contributed by atoms with van der Waals surface area (Å²) in [7, 11) is 0. The summed E-state index contributed by atoms with van der Waals surface area (Å²) < 4.78 is 0. The van der Waals surface area contributed by atoms with Crippen molar-refractivity contribution >= 4 is 0 Å². The lowest BCUT2D eigenvalue weighted by atomic mass is 10.7. The van der Waals surface area contributed by atoms with Gasteiger partial charge in [0.2, 0.25) is 0 Å². The molecule has 0 aliphatic carbocycles. The van der Waals surface area contributed by atoms with E-state index in [4.69, 9.17) is 0 Å². The molecular formula is C4H3N2. The lowest BCUT2D eigenvalue weighted by molar-refractivity contribution is 1.15. The summed E-state index contributed by atoms with van der Waals surface area (Å²) >= 11 is 0. The lowest BCUT2D eigenvalue weighted by Gasteiger charge is -1.68. The van der Waals surface area contributed by atoms with Gasteiger partial charge in [-0.3, -0.25) is 0 Å². The second-order valence-electron chi connectivity index (χ2n) is 0.849. The quantitative estimate of drug-likeness (QED) is 0.446. The van der Waals surface area contributed by atoms with E-state index in [1.54, 1.807) is 18.5 Å².